The average Bonchev–Trinajstić information content (AvgIpc) is 2.62. The van der Waals surface area contributed by atoms with E-state index in [-0.39, 0.29) is 23.4 Å². The molecular formula is C20H29BrN2O4. The number of nitrogens with one attached hydrogen (secondary N) is 2. The lowest BCUT2D eigenvalue weighted by molar-refractivity contribution is -0.118. The van der Waals surface area contributed by atoms with E-state index in [1.54, 1.807) is 12.1 Å². The minimum Gasteiger partial charge on any atom is -0.444 e. The summed E-state index contributed by atoms with van der Waals surface area (Å²) in [5, 5.41) is 5.99. The van der Waals surface area contributed by atoms with Gasteiger partial charge >= 0.3 is 6.09 Å². The van der Waals surface area contributed by atoms with Gasteiger partial charge in [0, 0.05) is 12.1 Å². The molecule has 0 spiro atoms. The average molecular weight is 441 g/mol. The Morgan fingerprint density at radius 1 is 1.11 bits per heavy atom. The van der Waals surface area contributed by atoms with E-state index >= 15 is 0 Å². The molecule has 1 amide bonds. The Bertz CT molecular complexity index is 614. The molecule has 0 saturated carbocycles. The van der Waals surface area contributed by atoms with Crippen molar-refractivity contribution in [1.82, 2.24) is 10.6 Å². The van der Waals surface area contributed by atoms with Crippen molar-refractivity contribution in [1.29, 1.82) is 0 Å². The number of rotatable bonds is 11. The van der Waals surface area contributed by atoms with E-state index in [4.69, 9.17) is 4.74 Å². The molecule has 6 nitrogen and oxygen atoms in total. The van der Waals surface area contributed by atoms with Crippen molar-refractivity contribution in [3.63, 3.8) is 0 Å². The van der Waals surface area contributed by atoms with E-state index in [1.807, 2.05) is 39.0 Å². The summed E-state index contributed by atoms with van der Waals surface area (Å²) >= 11 is 3.19. The second kappa shape index (κ2) is 11.9. The van der Waals surface area contributed by atoms with E-state index < -0.39 is 17.7 Å². The number of Topliss-reactive ketones (excluding diaryl/α,β-unsaturated/α-hetero) is 2. The molecule has 1 aromatic rings. The number of hydrogen-bond acceptors (Lipinski definition) is 5. The molecule has 150 valence electrons. The summed E-state index contributed by atoms with van der Waals surface area (Å²) < 4.78 is 5.17. The Hall–Kier alpha value is -1.73. The third kappa shape index (κ3) is 10.2. The van der Waals surface area contributed by atoms with E-state index in [1.165, 1.54) is 0 Å². The largest absolute Gasteiger partial charge is 0.444 e. The molecule has 1 rings (SSSR count). The summed E-state index contributed by atoms with van der Waals surface area (Å²) in [6.45, 7) is 6.03. The van der Waals surface area contributed by atoms with Crippen LogP contribution in [0.4, 0.5) is 4.79 Å². The first-order valence-electron chi connectivity index (χ1n) is 9.10. The highest BCUT2D eigenvalue weighted by Gasteiger charge is 2.18. The molecule has 0 fully saturated rings. The van der Waals surface area contributed by atoms with Crippen LogP contribution >= 0.6 is 15.9 Å². The number of carbonyl (C=O) groups is 3. The zero-order valence-electron chi connectivity index (χ0n) is 16.2. The standard InChI is InChI=1S/C20H29BrN2O4/c1-20(2,3)27-19(26)22-12-8-7-11-16(17(24)13-21)23-14-18(25)15-9-5-4-6-10-15/h4-6,9-10,16,23H,7-8,11-14H2,1-3H3,(H,22,26)/t16-/m0/s1. The van der Waals surface area contributed by atoms with Gasteiger partial charge in [0.2, 0.25) is 0 Å². The SMILES string of the molecule is CC(C)(C)OC(=O)NCCCC[C@H](NCC(=O)c1ccccc1)C(=O)CBr. The van der Waals surface area contributed by atoms with Crippen LogP contribution in [0.2, 0.25) is 0 Å². The molecule has 1 atom stereocenters. The molecule has 1 aromatic carbocycles. The molecule has 0 unspecified atom stereocenters. The fraction of sp³-hybridized carbons (Fsp3) is 0.550. The first-order chi connectivity index (χ1) is 12.7. The number of carbonyl (C=O) groups excluding carboxylic acids is 3. The van der Waals surface area contributed by atoms with Crippen LogP contribution in [-0.4, -0.2) is 47.7 Å². The lowest BCUT2D eigenvalue weighted by atomic mass is 10.1. The van der Waals surface area contributed by atoms with Gasteiger partial charge in [-0.2, -0.15) is 0 Å². The Labute approximate surface area is 169 Å². The first kappa shape index (κ1) is 23.3. The molecule has 0 aliphatic carbocycles. The van der Waals surface area contributed by atoms with Crippen LogP contribution in [0.5, 0.6) is 0 Å². The molecule has 27 heavy (non-hydrogen) atoms. The molecule has 0 saturated heterocycles. The summed E-state index contributed by atoms with van der Waals surface area (Å²) in [6, 6.07) is 8.60. The maximum Gasteiger partial charge on any atom is 0.407 e. The fourth-order valence-electron chi connectivity index (χ4n) is 2.39. The number of unbranched alkanes of at least 4 members (excludes halogenated alkanes) is 1. The summed E-state index contributed by atoms with van der Waals surface area (Å²) in [4.78, 5) is 35.8. The van der Waals surface area contributed by atoms with Crippen molar-refractivity contribution in [2.45, 2.75) is 51.7 Å². The zero-order chi connectivity index (χ0) is 20.3. The van der Waals surface area contributed by atoms with Gasteiger partial charge in [-0.25, -0.2) is 4.79 Å². The summed E-state index contributed by atoms with van der Waals surface area (Å²) in [7, 11) is 0. The number of ketones is 2. The van der Waals surface area contributed by atoms with Crippen LogP contribution in [0.15, 0.2) is 30.3 Å². The van der Waals surface area contributed by atoms with Crippen molar-refractivity contribution in [2.24, 2.45) is 0 Å². The number of amides is 1. The predicted molar refractivity (Wildman–Crippen MR) is 109 cm³/mol. The van der Waals surface area contributed by atoms with Crippen LogP contribution < -0.4 is 10.6 Å². The minimum atomic E-state index is -0.521. The second-order valence-electron chi connectivity index (χ2n) is 7.25. The van der Waals surface area contributed by atoms with Gasteiger partial charge in [0.15, 0.2) is 11.6 Å². The third-order valence-electron chi connectivity index (χ3n) is 3.71. The molecule has 0 heterocycles. The quantitative estimate of drug-likeness (QED) is 0.312. The number of benzene rings is 1. The maximum absolute atomic E-state index is 12.2. The Morgan fingerprint density at radius 3 is 2.37 bits per heavy atom. The van der Waals surface area contributed by atoms with Gasteiger partial charge < -0.3 is 15.4 Å². The molecular weight excluding hydrogens is 412 g/mol. The lowest BCUT2D eigenvalue weighted by Crippen LogP contribution is -2.40. The molecule has 7 heteroatoms. The second-order valence-corrected chi connectivity index (χ2v) is 7.81. The van der Waals surface area contributed by atoms with E-state index in [0.717, 1.165) is 12.8 Å². The topological polar surface area (TPSA) is 84.5 Å². The van der Waals surface area contributed by atoms with Gasteiger partial charge in [-0.1, -0.05) is 46.3 Å². The normalized spacial score (nSPS) is 12.3. The smallest absolute Gasteiger partial charge is 0.407 e. The number of hydrogen-bond donors (Lipinski definition) is 2. The first-order valence-corrected chi connectivity index (χ1v) is 10.2. The lowest BCUT2D eigenvalue weighted by Gasteiger charge is -2.20. The van der Waals surface area contributed by atoms with Crippen LogP contribution in [-0.2, 0) is 9.53 Å². The van der Waals surface area contributed by atoms with E-state index in [0.29, 0.717) is 18.5 Å². The van der Waals surface area contributed by atoms with Gasteiger partial charge in [0.1, 0.15) is 5.60 Å². The number of alkyl carbamates (subject to hydrolysis) is 1. The highest BCUT2D eigenvalue weighted by Crippen LogP contribution is 2.08. The van der Waals surface area contributed by atoms with Gasteiger partial charge in [-0.3, -0.25) is 9.59 Å². The van der Waals surface area contributed by atoms with Crippen LogP contribution in [0.25, 0.3) is 0 Å². The van der Waals surface area contributed by atoms with Crippen molar-refractivity contribution in [3.8, 4) is 0 Å². The monoisotopic (exact) mass is 440 g/mol. The minimum absolute atomic E-state index is 0.0102. The van der Waals surface area contributed by atoms with Gasteiger partial charge in [0.05, 0.1) is 17.9 Å². The van der Waals surface area contributed by atoms with E-state index in [2.05, 4.69) is 26.6 Å². The zero-order valence-corrected chi connectivity index (χ0v) is 17.8. The molecule has 0 radical (unpaired) electrons. The third-order valence-corrected chi connectivity index (χ3v) is 4.27. The van der Waals surface area contributed by atoms with Gasteiger partial charge in [0.25, 0.3) is 0 Å². The van der Waals surface area contributed by atoms with Crippen molar-refractivity contribution in [3.05, 3.63) is 35.9 Å². The maximum atomic E-state index is 12.2. The van der Waals surface area contributed by atoms with Crippen LogP contribution in [0, 0.1) is 0 Å². The summed E-state index contributed by atoms with van der Waals surface area (Å²) in [5.74, 6) is -0.0365. The van der Waals surface area contributed by atoms with Crippen LogP contribution in [0.1, 0.15) is 50.4 Å². The summed E-state index contributed by atoms with van der Waals surface area (Å²) in [5.41, 5.74) is 0.101. The summed E-state index contributed by atoms with van der Waals surface area (Å²) in [6.07, 6.45) is 1.62. The highest BCUT2D eigenvalue weighted by molar-refractivity contribution is 9.09. The number of ether oxygens (including phenoxy) is 1. The van der Waals surface area contributed by atoms with Crippen LogP contribution in [0.3, 0.4) is 0 Å². The molecule has 0 aliphatic rings. The number of halogens is 1. The van der Waals surface area contributed by atoms with Gasteiger partial charge in [-0.05, 0) is 40.0 Å². The predicted octanol–water partition coefficient (Wildman–Crippen LogP) is 3.49. The van der Waals surface area contributed by atoms with E-state index in [9.17, 15) is 14.4 Å². The Morgan fingerprint density at radius 2 is 1.78 bits per heavy atom. The molecule has 0 aromatic heterocycles. The molecule has 0 bridgehead atoms. The Kier molecular flexibility index (Phi) is 10.3. The van der Waals surface area contributed by atoms with Gasteiger partial charge in [-0.15, -0.1) is 0 Å². The molecule has 0 aliphatic heterocycles. The molecule has 2 N–H and O–H groups in total. The van der Waals surface area contributed by atoms with Crippen molar-refractivity contribution in [2.75, 3.05) is 18.4 Å². The van der Waals surface area contributed by atoms with Crippen molar-refractivity contribution < 1.29 is 19.1 Å². The number of alkyl halides is 1. The fourth-order valence-corrected chi connectivity index (χ4v) is 2.78. The van der Waals surface area contributed by atoms with Crippen molar-refractivity contribution >= 4 is 33.6 Å². The Balaban J connectivity index is 2.35. The highest BCUT2D eigenvalue weighted by atomic mass is 79.9.